The van der Waals surface area contributed by atoms with Gasteiger partial charge in [0.1, 0.15) is 23.1 Å². The molecule has 0 atom stereocenters. The molecule has 1 N–H and O–H groups in total. The van der Waals surface area contributed by atoms with E-state index < -0.39 is 17.2 Å². The number of nitrogens with zero attached hydrogens (tertiary/aromatic N) is 3. The molecule has 9 nitrogen and oxygen atoms in total. The molecule has 0 amide bonds. The van der Waals surface area contributed by atoms with E-state index in [4.69, 9.17) is 25.8 Å². The first-order valence-corrected chi connectivity index (χ1v) is 17.2. The second kappa shape index (κ2) is 13.3. The molecule has 3 saturated carbocycles. The third-order valence-electron chi connectivity index (χ3n) is 11.3. The van der Waals surface area contributed by atoms with Crippen LogP contribution in [0, 0.1) is 11.2 Å². The Morgan fingerprint density at radius 1 is 0.922 bits per heavy atom. The standard InChI is InChI=1S/C40H39ClFN3O6/c1-44(40-14-11-39(12-15-40,13-16-40)38(47)48)22-30-32(42)17-24(18-34(30)49-2)26-7-5-9-28(37(26)41)27-8-6-10-33-29(27)21-43-45(33)25-19-35(50-3)31(23-46)36(20-25)51-4/h5-10,17-21,23H,11-16,22H2,1-4H3,(H,47,48). The molecule has 0 saturated heterocycles. The summed E-state index contributed by atoms with van der Waals surface area (Å²) in [6.07, 6.45) is 6.73. The molecule has 3 aliphatic rings. The molecule has 5 aromatic rings. The third kappa shape index (κ3) is 5.70. The highest BCUT2D eigenvalue weighted by atomic mass is 35.5. The molecule has 4 aromatic carbocycles. The quantitative estimate of drug-likeness (QED) is 0.136. The number of benzene rings is 4. The van der Waals surface area contributed by atoms with Gasteiger partial charge in [0.25, 0.3) is 0 Å². The molecule has 1 heterocycles. The highest BCUT2D eigenvalue weighted by Crippen LogP contribution is 2.55. The third-order valence-corrected chi connectivity index (χ3v) is 11.8. The molecule has 3 fully saturated rings. The van der Waals surface area contributed by atoms with Crippen molar-refractivity contribution in [2.45, 2.75) is 50.6 Å². The smallest absolute Gasteiger partial charge is 0.309 e. The summed E-state index contributed by atoms with van der Waals surface area (Å²) in [6, 6.07) is 18.3. The lowest BCUT2D eigenvalue weighted by molar-refractivity contribution is -0.160. The van der Waals surface area contributed by atoms with Gasteiger partial charge in [0.2, 0.25) is 0 Å². The lowest BCUT2D eigenvalue weighted by Crippen LogP contribution is -2.57. The zero-order valence-corrected chi connectivity index (χ0v) is 29.7. The molecule has 51 heavy (non-hydrogen) atoms. The van der Waals surface area contributed by atoms with Gasteiger partial charge >= 0.3 is 5.97 Å². The Labute approximate surface area is 300 Å². The van der Waals surface area contributed by atoms with E-state index in [0.717, 1.165) is 41.3 Å². The Kier molecular flexibility index (Phi) is 9.01. The molecule has 1 aromatic heterocycles. The zero-order chi connectivity index (χ0) is 36.1. The summed E-state index contributed by atoms with van der Waals surface area (Å²) in [5.74, 6) is 0.0707. The molecular weight excluding hydrogens is 673 g/mol. The van der Waals surface area contributed by atoms with Gasteiger partial charge in [-0.2, -0.15) is 5.10 Å². The number of fused-ring (bicyclic) bond motifs is 4. The Hall–Kier alpha value is -4.93. The number of carboxylic acids is 1. The van der Waals surface area contributed by atoms with Gasteiger partial charge in [-0.25, -0.2) is 9.07 Å². The van der Waals surface area contributed by atoms with Gasteiger partial charge in [0.05, 0.1) is 54.7 Å². The second-order valence-corrected chi connectivity index (χ2v) is 14.0. The predicted octanol–water partition coefficient (Wildman–Crippen LogP) is 8.60. The molecule has 0 unspecified atom stereocenters. The number of halogens is 2. The first kappa shape index (κ1) is 34.5. The first-order chi connectivity index (χ1) is 24.6. The van der Waals surface area contributed by atoms with Crippen LogP contribution in [0.15, 0.2) is 66.9 Å². The van der Waals surface area contributed by atoms with E-state index in [-0.39, 0.29) is 5.54 Å². The lowest BCUT2D eigenvalue weighted by atomic mass is 9.57. The maximum Gasteiger partial charge on any atom is 0.309 e. The van der Waals surface area contributed by atoms with Crippen LogP contribution in [0.5, 0.6) is 17.2 Å². The minimum atomic E-state index is -0.694. The minimum Gasteiger partial charge on any atom is -0.496 e. The Morgan fingerprint density at radius 2 is 1.53 bits per heavy atom. The van der Waals surface area contributed by atoms with Crippen LogP contribution in [0.2, 0.25) is 5.02 Å². The number of carbonyl (C=O) groups is 2. The van der Waals surface area contributed by atoms with Crippen molar-refractivity contribution in [1.82, 2.24) is 14.7 Å². The number of aldehydes is 1. The molecule has 0 spiro atoms. The van der Waals surface area contributed by atoms with Gasteiger partial charge in [-0.1, -0.05) is 41.9 Å². The van der Waals surface area contributed by atoms with Crippen LogP contribution in [0.25, 0.3) is 38.8 Å². The average Bonchev–Trinajstić information content (AvgIpc) is 3.60. The number of aliphatic carboxylic acids is 1. The predicted molar refractivity (Wildman–Crippen MR) is 194 cm³/mol. The highest BCUT2D eigenvalue weighted by Gasteiger charge is 2.54. The number of hydrogen-bond acceptors (Lipinski definition) is 7. The summed E-state index contributed by atoms with van der Waals surface area (Å²) >= 11 is 7.16. The molecule has 8 rings (SSSR count). The Morgan fingerprint density at radius 3 is 2.14 bits per heavy atom. The molecule has 264 valence electrons. The van der Waals surface area contributed by atoms with Gasteiger partial charge in [-0.15, -0.1) is 0 Å². The largest absolute Gasteiger partial charge is 0.496 e. The summed E-state index contributed by atoms with van der Waals surface area (Å²) in [7, 11) is 6.53. The molecule has 3 aliphatic carbocycles. The van der Waals surface area contributed by atoms with Gasteiger partial charge in [0, 0.05) is 46.3 Å². The maximum absolute atomic E-state index is 16.1. The summed E-state index contributed by atoms with van der Waals surface area (Å²) in [4.78, 5) is 25.9. The van der Waals surface area contributed by atoms with Crippen LogP contribution in [0.1, 0.15) is 54.4 Å². The van der Waals surface area contributed by atoms with Crippen molar-refractivity contribution in [3.63, 3.8) is 0 Å². The van der Waals surface area contributed by atoms with Crippen molar-refractivity contribution in [1.29, 1.82) is 0 Å². The van der Waals surface area contributed by atoms with Crippen LogP contribution in [0.3, 0.4) is 0 Å². The second-order valence-electron chi connectivity index (χ2n) is 13.6. The number of carbonyl (C=O) groups excluding carboxylic acids is 1. The van der Waals surface area contributed by atoms with Crippen LogP contribution in [-0.4, -0.2) is 66.0 Å². The van der Waals surface area contributed by atoms with Crippen molar-refractivity contribution in [3.8, 4) is 45.2 Å². The SMILES string of the molecule is COc1cc(-n2ncc3c(-c4cccc(-c5cc(F)c(CN(C)C67CCC(C(=O)O)(CC6)CC7)c(OC)c5)c4Cl)cccc32)cc(OC)c1C=O. The summed E-state index contributed by atoms with van der Waals surface area (Å²) in [5, 5.41) is 15.8. The molecule has 2 bridgehead atoms. The van der Waals surface area contributed by atoms with Crippen LogP contribution >= 0.6 is 11.6 Å². The molecular formula is C40H39ClFN3O6. The van der Waals surface area contributed by atoms with Crippen molar-refractivity contribution in [2.24, 2.45) is 5.41 Å². The van der Waals surface area contributed by atoms with E-state index in [2.05, 4.69) is 10.00 Å². The molecule has 0 radical (unpaired) electrons. The highest BCUT2D eigenvalue weighted by molar-refractivity contribution is 6.36. The van der Waals surface area contributed by atoms with E-state index in [0.29, 0.717) is 82.3 Å². The van der Waals surface area contributed by atoms with E-state index >= 15 is 4.39 Å². The normalized spacial score (nSPS) is 19.7. The summed E-state index contributed by atoms with van der Waals surface area (Å²) in [6.45, 7) is 0.338. The van der Waals surface area contributed by atoms with Crippen molar-refractivity contribution >= 4 is 34.8 Å². The monoisotopic (exact) mass is 711 g/mol. The number of rotatable bonds is 11. The topological polar surface area (TPSA) is 103 Å². The van der Waals surface area contributed by atoms with Gasteiger partial charge in [-0.3, -0.25) is 14.5 Å². The summed E-state index contributed by atoms with van der Waals surface area (Å²) in [5.41, 5.74) is 4.26. The number of methoxy groups -OCH3 is 3. The average molecular weight is 712 g/mol. The minimum absolute atomic E-state index is 0.156. The fourth-order valence-corrected chi connectivity index (χ4v) is 8.52. The fraction of sp³-hybridized carbons (Fsp3) is 0.325. The molecule has 11 heteroatoms. The number of carboxylic acid groups (broad SMARTS) is 1. The molecule has 0 aliphatic heterocycles. The Bertz CT molecular complexity index is 2130. The number of hydrogen-bond donors (Lipinski definition) is 1. The van der Waals surface area contributed by atoms with Crippen molar-refractivity contribution < 1.29 is 33.3 Å². The van der Waals surface area contributed by atoms with E-state index in [1.807, 2.05) is 49.5 Å². The van der Waals surface area contributed by atoms with Gasteiger partial charge in [0.15, 0.2) is 6.29 Å². The number of aromatic nitrogens is 2. The number of ether oxygens (including phenoxy) is 3. The Balaban J connectivity index is 1.22. The maximum atomic E-state index is 16.1. The fourth-order valence-electron chi connectivity index (χ4n) is 8.18. The van der Waals surface area contributed by atoms with Crippen LogP contribution in [-0.2, 0) is 11.3 Å². The van der Waals surface area contributed by atoms with Crippen LogP contribution in [0.4, 0.5) is 4.39 Å². The van der Waals surface area contributed by atoms with Gasteiger partial charge < -0.3 is 19.3 Å². The first-order valence-electron chi connectivity index (χ1n) is 16.9. The lowest BCUT2D eigenvalue weighted by Gasteiger charge is -2.55. The van der Waals surface area contributed by atoms with Crippen molar-refractivity contribution in [2.75, 3.05) is 28.4 Å². The zero-order valence-electron chi connectivity index (χ0n) is 29.0. The van der Waals surface area contributed by atoms with Crippen LogP contribution < -0.4 is 14.2 Å². The van der Waals surface area contributed by atoms with E-state index in [1.165, 1.54) is 27.4 Å². The van der Waals surface area contributed by atoms with E-state index in [9.17, 15) is 14.7 Å². The van der Waals surface area contributed by atoms with E-state index in [1.54, 1.807) is 23.0 Å². The summed E-state index contributed by atoms with van der Waals surface area (Å²) < 4.78 is 34.6. The van der Waals surface area contributed by atoms with Gasteiger partial charge in [-0.05, 0) is 74.9 Å². The van der Waals surface area contributed by atoms with Crippen molar-refractivity contribution in [3.05, 3.63) is 88.8 Å².